The van der Waals surface area contributed by atoms with Gasteiger partial charge in [0.2, 0.25) is 5.88 Å². The predicted octanol–water partition coefficient (Wildman–Crippen LogP) is 1.63. The smallest absolute Gasteiger partial charge is 0.393 e. The summed E-state index contributed by atoms with van der Waals surface area (Å²) < 4.78 is 39.7. The van der Waals surface area contributed by atoms with Gasteiger partial charge in [-0.15, -0.1) is 13.2 Å². The van der Waals surface area contributed by atoms with Gasteiger partial charge in [0.05, 0.1) is 0 Å². The van der Waals surface area contributed by atoms with Crippen LogP contribution in [0.5, 0.6) is 5.88 Å². The number of ether oxygens (including phenoxy) is 1. The summed E-state index contributed by atoms with van der Waals surface area (Å²) in [4.78, 5) is 3.44. The standard InChI is InChI=1S/C7H7F3IN3O/c8-7(9,10)15-6-5(13)4(11)3(1-12)2-14-6/h2H,1,12-13H2. The maximum Gasteiger partial charge on any atom is 0.574 e. The lowest BCUT2D eigenvalue weighted by molar-refractivity contribution is -0.275. The van der Waals surface area contributed by atoms with Crippen LogP contribution in [-0.2, 0) is 6.54 Å². The van der Waals surface area contributed by atoms with Gasteiger partial charge < -0.3 is 16.2 Å². The molecule has 0 aliphatic heterocycles. The minimum atomic E-state index is -4.80. The third kappa shape index (κ3) is 3.09. The number of nitrogens with zero attached hydrogens (tertiary/aromatic N) is 1. The van der Waals surface area contributed by atoms with Crippen LogP contribution in [0.4, 0.5) is 18.9 Å². The van der Waals surface area contributed by atoms with E-state index in [9.17, 15) is 13.2 Å². The summed E-state index contributed by atoms with van der Waals surface area (Å²) in [6, 6.07) is 0. The summed E-state index contributed by atoms with van der Waals surface area (Å²) in [7, 11) is 0. The molecule has 4 nitrogen and oxygen atoms in total. The van der Waals surface area contributed by atoms with Crippen molar-refractivity contribution in [2.45, 2.75) is 12.9 Å². The molecule has 0 saturated heterocycles. The average molecular weight is 333 g/mol. The topological polar surface area (TPSA) is 74.2 Å². The van der Waals surface area contributed by atoms with Gasteiger partial charge in [-0.2, -0.15) is 0 Å². The van der Waals surface area contributed by atoms with Gasteiger partial charge in [0.15, 0.2) is 0 Å². The number of anilines is 1. The summed E-state index contributed by atoms with van der Waals surface area (Å²) in [5.41, 5.74) is 11.2. The van der Waals surface area contributed by atoms with E-state index in [-0.39, 0.29) is 12.2 Å². The molecule has 8 heteroatoms. The molecule has 0 aromatic carbocycles. The van der Waals surface area contributed by atoms with Gasteiger partial charge in [-0.3, -0.25) is 0 Å². The quantitative estimate of drug-likeness (QED) is 0.807. The number of aromatic nitrogens is 1. The normalized spacial score (nSPS) is 11.5. The maximum absolute atomic E-state index is 11.9. The van der Waals surface area contributed by atoms with Crippen LogP contribution in [0.2, 0.25) is 0 Å². The lowest BCUT2D eigenvalue weighted by Gasteiger charge is -2.12. The number of alkyl halides is 3. The Morgan fingerprint density at radius 2 is 2.07 bits per heavy atom. The third-order valence-electron chi connectivity index (χ3n) is 1.52. The van der Waals surface area contributed by atoms with Crippen LogP contribution in [0, 0.1) is 3.57 Å². The molecule has 1 rings (SSSR count). The van der Waals surface area contributed by atoms with Crippen molar-refractivity contribution in [1.82, 2.24) is 4.98 Å². The molecule has 15 heavy (non-hydrogen) atoms. The van der Waals surface area contributed by atoms with Crippen molar-refractivity contribution in [3.63, 3.8) is 0 Å². The zero-order chi connectivity index (χ0) is 11.6. The lowest BCUT2D eigenvalue weighted by atomic mass is 10.2. The van der Waals surface area contributed by atoms with E-state index in [1.165, 1.54) is 6.20 Å². The predicted molar refractivity (Wildman–Crippen MR) is 55.9 cm³/mol. The Bertz CT molecular complexity index is 369. The molecule has 0 saturated carbocycles. The Labute approximate surface area is 96.9 Å². The highest BCUT2D eigenvalue weighted by molar-refractivity contribution is 14.1. The largest absolute Gasteiger partial charge is 0.574 e. The molecule has 0 amide bonds. The van der Waals surface area contributed by atoms with Crippen LogP contribution in [0.1, 0.15) is 5.56 Å². The first kappa shape index (κ1) is 12.3. The van der Waals surface area contributed by atoms with E-state index in [1.807, 2.05) is 0 Å². The van der Waals surface area contributed by atoms with Crippen LogP contribution in [-0.4, -0.2) is 11.3 Å². The molecule has 0 bridgehead atoms. The monoisotopic (exact) mass is 333 g/mol. The molecule has 0 radical (unpaired) electrons. The third-order valence-corrected chi connectivity index (χ3v) is 2.79. The highest BCUT2D eigenvalue weighted by Crippen LogP contribution is 2.30. The van der Waals surface area contributed by atoms with Gasteiger partial charge in [0.1, 0.15) is 5.69 Å². The van der Waals surface area contributed by atoms with E-state index >= 15 is 0 Å². The molecular weight excluding hydrogens is 326 g/mol. The Kier molecular flexibility index (Phi) is 3.60. The van der Waals surface area contributed by atoms with E-state index in [0.29, 0.717) is 9.13 Å². The molecule has 0 spiro atoms. The molecule has 1 heterocycles. The van der Waals surface area contributed by atoms with Crippen LogP contribution in [0.25, 0.3) is 0 Å². The SMILES string of the molecule is NCc1cnc(OC(F)(F)F)c(N)c1I. The van der Waals surface area contributed by atoms with Gasteiger partial charge in [-0.1, -0.05) is 0 Å². The second-order valence-corrected chi connectivity index (χ2v) is 3.65. The minimum absolute atomic E-state index is 0.155. The summed E-state index contributed by atoms with van der Waals surface area (Å²) in [6.07, 6.45) is -3.59. The minimum Gasteiger partial charge on any atom is -0.393 e. The van der Waals surface area contributed by atoms with Crippen molar-refractivity contribution in [2.75, 3.05) is 5.73 Å². The second-order valence-electron chi connectivity index (χ2n) is 2.57. The summed E-state index contributed by atoms with van der Waals surface area (Å²) in [5, 5.41) is 0. The second kappa shape index (κ2) is 4.39. The Balaban J connectivity index is 3.07. The molecule has 0 aliphatic rings. The molecule has 4 N–H and O–H groups in total. The fraction of sp³-hybridized carbons (Fsp3) is 0.286. The van der Waals surface area contributed by atoms with E-state index in [2.05, 4.69) is 9.72 Å². The number of rotatable bonds is 2. The van der Waals surface area contributed by atoms with E-state index in [1.54, 1.807) is 22.6 Å². The van der Waals surface area contributed by atoms with Crippen molar-refractivity contribution >= 4 is 28.3 Å². The molecule has 0 fully saturated rings. The zero-order valence-electron chi connectivity index (χ0n) is 7.31. The van der Waals surface area contributed by atoms with Gasteiger partial charge in [0, 0.05) is 16.3 Å². The van der Waals surface area contributed by atoms with Gasteiger partial charge in [-0.25, -0.2) is 4.98 Å². The van der Waals surface area contributed by atoms with Crippen LogP contribution in [0.3, 0.4) is 0 Å². The first-order valence-corrected chi connectivity index (χ1v) is 4.81. The van der Waals surface area contributed by atoms with Gasteiger partial charge in [-0.05, 0) is 28.2 Å². The summed E-state index contributed by atoms with van der Waals surface area (Å²) in [6.45, 7) is 0.155. The maximum atomic E-state index is 11.9. The Morgan fingerprint density at radius 3 is 2.53 bits per heavy atom. The lowest BCUT2D eigenvalue weighted by Crippen LogP contribution is -2.19. The van der Waals surface area contributed by atoms with Crippen LogP contribution >= 0.6 is 22.6 Å². The highest BCUT2D eigenvalue weighted by atomic mass is 127. The van der Waals surface area contributed by atoms with E-state index in [4.69, 9.17) is 11.5 Å². The Morgan fingerprint density at radius 1 is 1.47 bits per heavy atom. The van der Waals surface area contributed by atoms with Crippen LogP contribution < -0.4 is 16.2 Å². The first-order valence-electron chi connectivity index (χ1n) is 3.74. The van der Waals surface area contributed by atoms with Crippen molar-refractivity contribution in [3.05, 3.63) is 15.3 Å². The number of pyridine rings is 1. The molecule has 0 atom stereocenters. The van der Waals surface area contributed by atoms with Gasteiger partial charge >= 0.3 is 6.36 Å². The van der Waals surface area contributed by atoms with E-state index < -0.39 is 12.2 Å². The molecule has 0 unspecified atom stereocenters. The van der Waals surface area contributed by atoms with Gasteiger partial charge in [0.25, 0.3) is 0 Å². The average Bonchev–Trinajstić information content (AvgIpc) is 2.11. The number of hydrogen-bond acceptors (Lipinski definition) is 4. The molecular formula is C7H7F3IN3O. The highest BCUT2D eigenvalue weighted by Gasteiger charge is 2.33. The van der Waals surface area contributed by atoms with Crippen molar-refractivity contribution in [1.29, 1.82) is 0 Å². The number of nitrogens with two attached hydrogens (primary N) is 2. The fourth-order valence-corrected chi connectivity index (χ4v) is 1.45. The molecule has 1 aromatic rings. The number of hydrogen-bond donors (Lipinski definition) is 2. The Hall–Kier alpha value is -0.770. The summed E-state index contributed by atoms with van der Waals surface area (Å²) in [5.74, 6) is -0.649. The number of nitrogen functional groups attached to an aromatic ring is 1. The zero-order valence-corrected chi connectivity index (χ0v) is 9.46. The van der Waals surface area contributed by atoms with Crippen molar-refractivity contribution in [3.8, 4) is 5.88 Å². The number of halogens is 4. The fourth-order valence-electron chi connectivity index (χ4n) is 0.863. The van der Waals surface area contributed by atoms with Crippen molar-refractivity contribution in [2.24, 2.45) is 5.73 Å². The molecule has 84 valence electrons. The van der Waals surface area contributed by atoms with E-state index in [0.717, 1.165) is 0 Å². The molecule has 1 aromatic heterocycles. The molecule has 0 aliphatic carbocycles. The first-order chi connectivity index (χ1) is 6.85. The van der Waals surface area contributed by atoms with Crippen molar-refractivity contribution < 1.29 is 17.9 Å². The van der Waals surface area contributed by atoms with Crippen LogP contribution in [0.15, 0.2) is 6.20 Å². The summed E-state index contributed by atoms with van der Waals surface area (Å²) >= 11 is 1.79.